The largest absolute Gasteiger partial charge is 0.462 e. The fourth-order valence-corrected chi connectivity index (χ4v) is 9.48. The molecular weight excluding hydrogens is 653 g/mol. The number of pyridine rings is 1. The average Bonchev–Trinajstić information content (AvgIpc) is 3.42. The van der Waals surface area contributed by atoms with Crippen LogP contribution in [0.5, 0.6) is 0 Å². The summed E-state index contributed by atoms with van der Waals surface area (Å²) in [5.41, 5.74) is 7.70. The van der Waals surface area contributed by atoms with Crippen molar-refractivity contribution in [3.8, 4) is 0 Å². The van der Waals surface area contributed by atoms with Gasteiger partial charge in [-0.3, -0.25) is 4.98 Å². The summed E-state index contributed by atoms with van der Waals surface area (Å²) in [5.74, 6) is -0.0359. The van der Waals surface area contributed by atoms with Crippen LogP contribution in [0, 0.1) is 5.41 Å². The molecule has 4 atom stereocenters. The standard InChI is InChI=1S/C35H50INO4Si/c1-11-39-32(38)23-16-14-22(15-17-23)31-28-29(35(40-31)18-12-13-26(35)36)27-24(37-30(28)21(2)3)19-34(7,8)20-25(27)41-42(9,10)33(4,5)6/h14-17,21,25-26,31H,11-13,18-20H2,1-10H3/t25-,26?,31+,35?/m0/s1. The fraction of sp³-hybridized carbons (Fsp3) is 0.657. The number of rotatable bonds is 6. The molecule has 230 valence electrons. The molecule has 1 fully saturated rings. The van der Waals surface area contributed by atoms with E-state index in [1.54, 1.807) is 0 Å². The third-order valence-electron chi connectivity index (χ3n) is 10.1. The third-order valence-corrected chi connectivity index (χ3v) is 16.2. The Balaban J connectivity index is 1.75. The van der Waals surface area contributed by atoms with Crippen LogP contribution in [0.25, 0.3) is 0 Å². The smallest absolute Gasteiger partial charge is 0.338 e. The summed E-state index contributed by atoms with van der Waals surface area (Å²) in [7, 11) is -2.08. The van der Waals surface area contributed by atoms with E-state index in [4.69, 9.17) is 18.9 Å². The van der Waals surface area contributed by atoms with Crippen molar-refractivity contribution < 1.29 is 18.7 Å². The monoisotopic (exact) mass is 703 g/mol. The molecule has 1 aromatic heterocycles. The van der Waals surface area contributed by atoms with Gasteiger partial charge in [0.2, 0.25) is 0 Å². The molecule has 1 spiro atoms. The molecule has 0 radical (unpaired) electrons. The van der Waals surface area contributed by atoms with E-state index in [9.17, 15) is 4.79 Å². The van der Waals surface area contributed by atoms with Gasteiger partial charge in [-0.25, -0.2) is 4.79 Å². The number of halogens is 1. The van der Waals surface area contributed by atoms with Gasteiger partial charge in [-0.1, -0.05) is 83.2 Å². The summed E-state index contributed by atoms with van der Waals surface area (Å²) in [6.45, 7) is 23.2. The highest BCUT2D eigenvalue weighted by atomic mass is 127. The van der Waals surface area contributed by atoms with Crippen molar-refractivity contribution in [3.05, 3.63) is 63.5 Å². The second-order valence-corrected chi connectivity index (χ2v) is 21.6. The number of alkyl halides is 1. The summed E-state index contributed by atoms with van der Waals surface area (Å²) in [6.07, 6.45) is 5.01. The van der Waals surface area contributed by atoms with Crippen LogP contribution in [0.2, 0.25) is 18.1 Å². The first-order valence-electron chi connectivity index (χ1n) is 15.8. The van der Waals surface area contributed by atoms with Gasteiger partial charge in [-0.05, 0) is 86.2 Å². The van der Waals surface area contributed by atoms with Gasteiger partial charge >= 0.3 is 5.97 Å². The minimum atomic E-state index is -2.08. The van der Waals surface area contributed by atoms with Crippen molar-refractivity contribution in [3.63, 3.8) is 0 Å². The summed E-state index contributed by atoms with van der Waals surface area (Å²) >= 11 is 2.66. The molecule has 0 amide bonds. The highest BCUT2D eigenvalue weighted by Crippen LogP contribution is 2.62. The van der Waals surface area contributed by atoms with E-state index in [0.29, 0.717) is 16.1 Å². The van der Waals surface area contributed by atoms with E-state index < -0.39 is 8.32 Å². The molecule has 5 nitrogen and oxygen atoms in total. The van der Waals surface area contributed by atoms with Crippen molar-refractivity contribution in [2.24, 2.45) is 5.41 Å². The fourth-order valence-electron chi connectivity index (χ4n) is 7.01. The minimum Gasteiger partial charge on any atom is -0.462 e. The predicted octanol–water partition coefficient (Wildman–Crippen LogP) is 9.72. The van der Waals surface area contributed by atoms with Crippen molar-refractivity contribution in [2.75, 3.05) is 6.61 Å². The van der Waals surface area contributed by atoms with Crippen molar-refractivity contribution in [1.82, 2.24) is 4.98 Å². The highest BCUT2D eigenvalue weighted by molar-refractivity contribution is 14.1. The Morgan fingerprint density at radius 1 is 1.17 bits per heavy atom. The van der Waals surface area contributed by atoms with Gasteiger partial charge in [0.15, 0.2) is 8.32 Å². The second-order valence-electron chi connectivity index (χ2n) is 15.3. The highest BCUT2D eigenvalue weighted by Gasteiger charge is 2.57. The lowest BCUT2D eigenvalue weighted by atomic mass is 9.70. The first-order chi connectivity index (χ1) is 19.5. The average molecular weight is 704 g/mol. The summed E-state index contributed by atoms with van der Waals surface area (Å²) < 4.78 is 20.4. The number of esters is 1. The van der Waals surface area contributed by atoms with Crippen LogP contribution in [-0.2, 0) is 25.9 Å². The molecule has 2 aliphatic carbocycles. The van der Waals surface area contributed by atoms with E-state index in [1.807, 2.05) is 31.2 Å². The molecule has 5 rings (SSSR count). The van der Waals surface area contributed by atoms with E-state index in [-0.39, 0.29) is 40.1 Å². The molecule has 2 aromatic rings. The van der Waals surface area contributed by atoms with Crippen LogP contribution < -0.4 is 0 Å². The summed E-state index contributed by atoms with van der Waals surface area (Å²) in [6, 6.07) is 7.86. The second kappa shape index (κ2) is 11.3. The van der Waals surface area contributed by atoms with Crippen LogP contribution in [0.15, 0.2) is 24.3 Å². The van der Waals surface area contributed by atoms with Crippen LogP contribution in [-0.4, -0.2) is 29.8 Å². The van der Waals surface area contributed by atoms with E-state index in [0.717, 1.165) is 43.4 Å². The molecule has 42 heavy (non-hydrogen) atoms. The minimum absolute atomic E-state index is 0.00159. The molecule has 2 unspecified atom stereocenters. The van der Waals surface area contributed by atoms with E-state index in [2.05, 4.69) is 84.2 Å². The van der Waals surface area contributed by atoms with Gasteiger partial charge in [0.1, 0.15) is 11.7 Å². The lowest BCUT2D eigenvalue weighted by Crippen LogP contribution is -2.44. The van der Waals surface area contributed by atoms with Crippen molar-refractivity contribution in [1.29, 1.82) is 0 Å². The topological polar surface area (TPSA) is 57.7 Å². The van der Waals surface area contributed by atoms with Crippen LogP contribution in [0.1, 0.15) is 143 Å². The lowest BCUT2D eigenvalue weighted by molar-refractivity contribution is -0.0515. The van der Waals surface area contributed by atoms with Gasteiger partial charge in [0.05, 0.1) is 18.3 Å². The quantitative estimate of drug-likeness (QED) is 0.130. The SMILES string of the molecule is CCOC(=O)c1ccc([C@H]2OC3(CCCC3I)c3c2c(C(C)C)nc2c3[C@@H](O[Si](C)(C)C(C)(C)C)CC(C)(C)C2)cc1. The maximum Gasteiger partial charge on any atom is 0.338 e. The van der Waals surface area contributed by atoms with Gasteiger partial charge in [0, 0.05) is 32.0 Å². The zero-order chi connectivity index (χ0) is 30.8. The Labute approximate surface area is 268 Å². The number of hydrogen-bond donors (Lipinski definition) is 0. The third kappa shape index (κ3) is 5.54. The predicted molar refractivity (Wildman–Crippen MR) is 180 cm³/mol. The van der Waals surface area contributed by atoms with Crippen LogP contribution in [0.4, 0.5) is 0 Å². The normalized spacial score (nSPS) is 26.9. The van der Waals surface area contributed by atoms with Gasteiger partial charge in [-0.15, -0.1) is 0 Å². The molecular formula is C35H50INO4Si. The van der Waals surface area contributed by atoms with Crippen LogP contribution >= 0.6 is 22.6 Å². The summed E-state index contributed by atoms with van der Waals surface area (Å²) in [5, 5.41) is 0.111. The molecule has 1 aromatic carbocycles. The Morgan fingerprint density at radius 2 is 1.83 bits per heavy atom. The Hall–Kier alpha value is -1.29. The number of nitrogens with zero attached hydrogens (tertiary/aromatic N) is 1. The molecule has 0 bridgehead atoms. The number of carbonyl (C=O) groups is 1. The zero-order valence-electron chi connectivity index (χ0n) is 27.3. The van der Waals surface area contributed by atoms with E-state index >= 15 is 0 Å². The summed E-state index contributed by atoms with van der Waals surface area (Å²) in [4.78, 5) is 18.0. The Kier molecular flexibility index (Phi) is 8.60. The van der Waals surface area contributed by atoms with Gasteiger partial charge < -0.3 is 13.9 Å². The number of fused-ring (bicyclic) bond motifs is 4. The zero-order valence-corrected chi connectivity index (χ0v) is 30.5. The van der Waals surface area contributed by atoms with Gasteiger partial charge in [-0.2, -0.15) is 0 Å². The van der Waals surface area contributed by atoms with Crippen molar-refractivity contribution in [2.45, 2.75) is 133 Å². The molecule has 1 aliphatic heterocycles. The number of aromatic nitrogens is 1. The maximum absolute atomic E-state index is 12.4. The Morgan fingerprint density at radius 3 is 2.38 bits per heavy atom. The number of benzene rings is 1. The van der Waals surface area contributed by atoms with Crippen LogP contribution in [0.3, 0.4) is 0 Å². The number of ether oxygens (including phenoxy) is 2. The maximum atomic E-state index is 12.4. The number of carbonyl (C=O) groups excluding carboxylic acids is 1. The first-order valence-corrected chi connectivity index (χ1v) is 20.0. The number of hydrogen-bond acceptors (Lipinski definition) is 5. The molecule has 1 saturated carbocycles. The molecule has 2 heterocycles. The van der Waals surface area contributed by atoms with Gasteiger partial charge in [0.25, 0.3) is 0 Å². The molecule has 0 N–H and O–H groups in total. The first kappa shape index (κ1) is 32.1. The molecule has 0 saturated heterocycles. The Bertz CT molecular complexity index is 1350. The lowest BCUT2D eigenvalue weighted by Gasteiger charge is -2.45. The molecule has 7 heteroatoms. The van der Waals surface area contributed by atoms with Crippen molar-refractivity contribution >= 4 is 36.9 Å². The molecule has 3 aliphatic rings. The van der Waals surface area contributed by atoms with E-state index in [1.165, 1.54) is 22.4 Å².